The van der Waals surface area contributed by atoms with Gasteiger partial charge in [-0.05, 0) is 0 Å². The van der Waals surface area contributed by atoms with Crippen molar-refractivity contribution in [1.29, 1.82) is 0 Å². The molecule has 0 fully saturated rings. The highest BCUT2D eigenvalue weighted by atomic mass is 35.5. The van der Waals surface area contributed by atoms with Crippen LogP contribution in [0.15, 0.2) is 6.07 Å². The molecular weight excluding hydrogens is 251 g/mol. The lowest BCUT2D eigenvalue weighted by Gasteiger charge is -2.19. The van der Waals surface area contributed by atoms with Crippen molar-refractivity contribution in [2.45, 2.75) is 6.42 Å². The standard InChI is InChI=1S/C9H12Cl2N4O/c1-12-8(16)3-4-15(2)6-5-7(10)13-14-9(6)11/h5H,3-4H2,1-2H3,(H,12,16). The summed E-state index contributed by atoms with van der Waals surface area (Å²) in [5.74, 6) is -0.0314. The van der Waals surface area contributed by atoms with Gasteiger partial charge in [0.15, 0.2) is 10.3 Å². The van der Waals surface area contributed by atoms with Crippen LogP contribution in [0.25, 0.3) is 0 Å². The fraction of sp³-hybridized carbons (Fsp3) is 0.444. The van der Waals surface area contributed by atoms with E-state index in [1.807, 2.05) is 7.05 Å². The monoisotopic (exact) mass is 262 g/mol. The van der Waals surface area contributed by atoms with Gasteiger partial charge in [-0.25, -0.2) is 0 Å². The van der Waals surface area contributed by atoms with Crippen LogP contribution in [0.4, 0.5) is 5.69 Å². The molecule has 0 bridgehead atoms. The number of nitrogens with one attached hydrogen (secondary N) is 1. The van der Waals surface area contributed by atoms with E-state index in [2.05, 4.69) is 15.5 Å². The maximum absolute atomic E-state index is 11.1. The average Bonchev–Trinajstić information content (AvgIpc) is 2.28. The Balaban J connectivity index is 2.68. The second kappa shape index (κ2) is 5.86. The normalized spacial score (nSPS) is 10.0. The number of nitrogens with zero attached hydrogens (tertiary/aromatic N) is 3. The molecule has 0 unspecified atom stereocenters. The van der Waals surface area contributed by atoms with E-state index in [1.54, 1.807) is 18.0 Å². The lowest BCUT2D eigenvalue weighted by atomic mass is 10.3. The first kappa shape index (κ1) is 13.0. The van der Waals surface area contributed by atoms with Gasteiger partial charge < -0.3 is 10.2 Å². The van der Waals surface area contributed by atoms with Gasteiger partial charge in [0.05, 0.1) is 5.69 Å². The Labute approximate surface area is 104 Å². The number of hydrogen-bond donors (Lipinski definition) is 1. The number of halogens is 2. The summed E-state index contributed by atoms with van der Waals surface area (Å²) in [6.07, 6.45) is 0.378. The summed E-state index contributed by atoms with van der Waals surface area (Å²) >= 11 is 11.6. The Morgan fingerprint density at radius 2 is 2.19 bits per heavy atom. The third-order valence-electron chi connectivity index (χ3n) is 2.06. The number of aromatic nitrogens is 2. The first-order valence-electron chi connectivity index (χ1n) is 4.65. The first-order chi connectivity index (χ1) is 7.54. The topological polar surface area (TPSA) is 58.1 Å². The minimum Gasteiger partial charge on any atom is -0.371 e. The van der Waals surface area contributed by atoms with E-state index >= 15 is 0 Å². The summed E-state index contributed by atoms with van der Waals surface area (Å²) in [5.41, 5.74) is 0.658. The van der Waals surface area contributed by atoms with Gasteiger partial charge in [0, 0.05) is 33.1 Å². The van der Waals surface area contributed by atoms with E-state index in [1.165, 1.54) is 0 Å². The van der Waals surface area contributed by atoms with Gasteiger partial charge in [0.1, 0.15) is 0 Å². The Bertz CT molecular complexity index is 386. The molecule has 0 aliphatic carbocycles. The summed E-state index contributed by atoms with van der Waals surface area (Å²) in [5, 5.41) is 10.4. The molecule has 88 valence electrons. The maximum atomic E-state index is 11.1. The smallest absolute Gasteiger partial charge is 0.221 e. The van der Waals surface area contributed by atoms with Crippen molar-refractivity contribution < 1.29 is 4.79 Å². The van der Waals surface area contributed by atoms with Gasteiger partial charge in [-0.15, -0.1) is 10.2 Å². The minimum atomic E-state index is -0.0314. The second-order valence-corrected chi connectivity index (χ2v) is 3.93. The number of amides is 1. The van der Waals surface area contributed by atoms with Crippen molar-refractivity contribution in [3.63, 3.8) is 0 Å². The van der Waals surface area contributed by atoms with Crippen LogP contribution in [0.1, 0.15) is 6.42 Å². The Hall–Kier alpha value is -1.07. The molecule has 1 N–H and O–H groups in total. The van der Waals surface area contributed by atoms with E-state index in [0.717, 1.165) is 0 Å². The fourth-order valence-electron chi connectivity index (χ4n) is 1.13. The van der Waals surface area contributed by atoms with Gasteiger partial charge in [-0.2, -0.15) is 0 Å². The molecule has 0 saturated carbocycles. The van der Waals surface area contributed by atoms with Gasteiger partial charge >= 0.3 is 0 Å². The number of anilines is 1. The Morgan fingerprint density at radius 1 is 1.50 bits per heavy atom. The van der Waals surface area contributed by atoms with Crippen molar-refractivity contribution in [3.8, 4) is 0 Å². The van der Waals surface area contributed by atoms with E-state index in [9.17, 15) is 4.79 Å². The largest absolute Gasteiger partial charge is 0.371 e. The summed E-state index contributed by atoms with van der Waals surface area (Å²) in [4.78, 5) is 12.9. The molecule has 7 heteroatoms. The zero-order valence-electron chi connectivity index (χ0n) is 9.00. The van der Waals surface area contributed by atoms with Crippen LogP contribution in [0.2, 0.25) is 10.3 Å². The third-order valence-corrected chi connectivity index (χ3v) is 2.52. The highest BCUT2D eigenvalue weighted by Gasteiger charge is 2.10. The van der Waals surface area contributed by atoms with Crippen LogP contribution in [0, 0.1) is 0 Å². The van der Waals surface area contributed by atoms with E-state index < -0.39 is 0 Å². The van der Waals surface area contributed by atoms with Crippen LogP contribution >= 0.6 is 23.2 Å². The summed E-state index contributed by atoms with van der Waals surface area (Å²) in [6, 6.07) is 1.61. The molecule has 0 radical (unpaired) electrons. The molecular formula is C9H12Cl2N4O. The van der Waals surface area contributed by atoms with Gasteiger partial charge in [-0.1, -0.05) is 23.2 Å². The van der Waals surface area contributed by atoms with Crippen molar-refractivity contribution in [3.05, 3.63) is 16.4 Å². The van der Waals surface area contributed by atoms with E-state index in [0.29, 0.717) is 18.7 Å². The van der Waals surface area contributed by atoms with Crippen LogP contribution < -0.4 is 10.2 Å². The van der Waals surface area contributed by atoms with E-state index in [4.69, 9.17) is 23.2 Å². The lowest BCUT2D eigenvalue weighted by molar-refractivity contribution is -0.120. The molecule has 0 aliphatic rings. The molecule has 0 aromatic carbocycles. The minimum absolute atomic E-state index is 0.0314. The average molecular weight is 263 g/mol. The highest BCUT2D eigenvalue weighted by molar-refractivity contribution is 6.33. The second-order valence-electron chi connectivity index (χ2n) is 3.19. The predicted octanol–water partition coefficient (Wildman–Crippen LogP) is 1.36. The maximum Gasteiger partial charge on any atom is 0.221 e. The molecule has 0 atom stereocenters. The molecule has 16 heavy (non-hydrogen) atoms. The zero-order valence-corrected chi connectivity index (χ0v) is 10.5. The summed E-state index contributed by atoms with van der Waals surface area (Å²) < 4.78 is 0. The molecule has 0 aliphatic heterocycles. The first-order valence-corrected chi connectivity index (χ1v) is 5.40. The molecule has 1 amide bonds. The van der Waals surface area contributed by atoms with Crippen molar-refractivity contribution >= 4 is 34.8 Å². The van der Waals surface area contributed by atoms with Crippen molar-refractivity contribution in [2.75, 3.05) is 25.5 Å². The molecule has 1 aromatic heterocycles. The Kier molecular flexibility index (Phi) is 4.76. The number of carbonyl (C=O) groups is 1. The lowest BCUT2D eigenvalue weighted by Crippen LogP contribution is -2.26. The number of hydrogen-bond acceptors (Lipinski definition) is 4. The summed E-state index contributed by atoms with van der Waals surface area (Å²) in [7, 11) is 3.41. The molecule has 0 saturated heterocycles. The molecule has 1 aromatic rings. The summed E-state index contributed by atoms with van der Waals surface area (Å²) in [6.45, 7) is 0.529. The van der Waals surface area contributed by atoms with Gasteiger partial charge in [0.2, 0.25) is 5.91 Å². The number of rotatable bonds is 4. The van der Waals surface area contributed by atoms with Gasteiger partial charge in [0.25, 0.3) is 0 Å². The highest BCUT2D eigenvalue weighted by Crippen LogP contribution is 2.24. The fourth-order valence-corrected chi connectivity index (χ4v) is 1.50. The third kappa shape index (κ3) is 3.50. The van der Waals surface area contributed by atoms with Crippen LogP contribution in [0.5, 0.6) is 0 Å². The SMILES string of the molecule is CNC(=O)CCN(C)c1cc(Cl)nnc1Cl. The Morgan fingerprint density at radius 3 is 2.81 bits per heavy atom. The van der Waals surface area contributed by atoms with E-state index in [-0.39, 0.29) is 16.2 Å². The quantitative estimate of drug-likeness (QED) is 0.891. The van der Waals surface area contributed by atoms with Gasteiger partial charge in [-0.3, -0.25) is 4.79 Å². The van der Waals surface area contributed by atoms with Crippen LogP contribution in [-0.2, 0) is 4.79 Å². The molecule has 1 rings (SSSR count). The zero-order chi connectivity index (χ0) is 12.1. The van der Waals surface area contributed by atoms with Crippen LogP contribution in [-0.4, -0.2) is 36.7 Å². The molecule has 1 heterocycles. The van der Waals surface area contributed by atoms with Crippen molar-refractivity contribution in [2.24, 2.45) is 0 Å². The molecule has 0 spiro atoms. The predicted molar refractivity (Wildman–Crippen MR) is 64.0 cm³/mol. The number of carbonyl (C=O) groups excluding carboxylic acids is 1. The van der Waals surface area contributed by atoms with Crippen LogP contribution in [0.3, 0.4) is 0 Å². The van der Waals surface area contributed by atoms with Crippen molar-refractivity contribution in [1.82, 2.24) is 15.5 Å². The molecule has 5 nitrogen and oxygen atoms in total.